The Morgan fingerprint density at radius 3 is 2.67 bits per heavy atom. The summed E-state index contributed by atoms with van der Waals surface area (Å²) in [5, 5.41) is 10.0. The lowest BCUT2D eigenvalue weighted by Gasteiger charge is -2.05. The zero-order chi connectivity index (χ0) is 16.9. The van der Waals surface area contributed by atoms with Crippen molar-refractivity contribution in [3.63, 3.8) is 0 Å². The zero-order valence-corrected chi connectivity index (χ0v) is 13.3. The summed E-state index contributed by atoms with van der Waals surface area (Å²) in [6, 6.07) is 13.1. The third-order valence-electron chi connectivity index (χ3n) is 3.33. The summed E-state index contributed by atoms with van der Waals surface area (Å²) in [6.07, 6.45) is 0.518. The van der Waals surface area contributed by atoms with Gasteiger partial charge in [0, 0.05) is 6.42 Å². The van der Waals surface area contributed by atoms with Crippen molar-refractivity contribution in [2.24, 2.45) is 0 Å². The van der Waals surface area contributed by atoms with Crippen LogP contribution in [0.1, 0.15) is 17.2 Å². The summed E-state index contributed by atoms with van der Waals surface area (Å²) < 4.78 is 12.9. The predicted octanol–water partition coefficient (Wildman–Crippen LogP) is 3.37. The molecule has 0 aliphatic heterocycles. The van der Waals surface area contributed by atoms with Gasteiger partial charge >= 0.3 is 0 Å². The van der Waals surface area contributed by atoms with Gasteiger partial charge in [0.1, 0.15) is 11.6 Å². The number of nitrogens with zero attached hydrogens (tertiary/aromatic N) is 2. The molecule has 0 unspecified atom stereocenters. The van der Waals surface area contributed by atoms with Gasteiger partial charge in [-0.1, -0.05) is 35.9 Å². The summed E-state index contributed by atoms with van der Waals surface area (Å²) >= 11 is 6.00. The molecule has 0 aliphatic rings. The topological polar surface area (TPSA) is 70.7 Å². The van der Waals surface area contributed by atoms with Crippen LogP contribution in [0.5, 0.6) is 0 Å². The minimum absolute atomic E-state index is 0.0329. The van der Waals surface area contributed by atoms with E-state index in [-0.39, 0.29) is 18.1 Å². The number of hydrogen-bond donors (Lipinski definition) is 2. The maximum Gasteiger partial charge on any atom is 0.232 e. The van der Waals surface area contributed by atoms with Crippen LogP contribution in [0.3, 0.4) is 0 Å². The van der Waals surface area contributed by atoms with E-state index in [0.29, 0.717) is 28.8 Å². The van der Waals surface area contributed by atoms with E-state index in [0.717, 1.165) is 5.56 Å². The molecule has 0 fully saturated rings. The number of amides is 1. The largest absolute Gasteiger partial charge is 0.324 e. The molecule has 3 aromatic rings. The molecule has 7 heteroatoms. The number of carbonyl (C=O) groups is 1. The quantitative estimate of drug-likeness (QED) is 0.745. The molecule has 122 valence electrons. The Kier molecular flexibility index (Phi) is 4.86. The number of H-pyrrole nitrogens is 1. The predicted molar refractivity (Wildman–Crippen MR) is 89.4 cm³/mol. The van der Waals surface area contributed by atoms with Crippen LogP contribution in [-0.4, -0.2) is 21.1 Å². The first-order chi connectivity index (χ1) is 11.6. The minimum atomic E-state index is -0.284. The molecule has 0 bridgehead atoms. The number of para-hydroxylation sites is 1. The van der Waals surface area contributed by atoms with Crippen molar-refractivity contribution in [1.82, 2.24) is 15.2 Å². The minimum Gasteiger partial charge on any atom is -0.324 e. The van der Waals surface area contributed by atoms with E-state index in [9.17, 15) is 9.18 Å². The first-order valence-electron chi connectivity index (χ1n) is 7.29. The highest BCUT2D eigenvalue weighted by atomic mass is 35.5. The first kappa shape index (κ1) is 16.1. The van der Waals surface area contributed by atoms with Crippen LogP contribution >= 0.6 is 11.6 Å². The Morgan fingerprint density at radius 2 is 1.92 bits per heavy atom. The Balaban J connectivity index is 1.60. The molecule has 24 heavy (non-hydrogen) atoms. The highest BCUT2D eigenvalue weighted by Gasteiger charge is 2.11. The van der Waals surface area contributed by atoms with Gasteiger partial charge in [-0.2, -0.15) is 5.10 Å². The van der Waals surface area contributed by atoms with Crippen LogP contribution in [0, 0.1) is 5.82 Å². The molecule has 0 saturated carbocycles. The van der Waals surface area contributed by atoms with Crippen LogP contribution in [-0.2, 0) is 17.6 Å². The molecule has 1 amide bonds. The highest BCUT2D eigenvalue weighted by molar-refractivity contribution is 6.33. The fourth-order valence-corrected chi connectivity index (χ4v) is 2.37. The van der Waals surface area contributed by atoms with E-state index >= 15 is 0 Å². The van der Waals surface area contributed by atoms with Gasteiger partial charge in [-0.15, -0.1) is 0 Å². The van der Waals surface area contributed by atoms with Crippen molar-refractivity contribution in [2.75, 3.05) is 5.32 Å². The van der Waals surface area contributed by atoms with Crippen molar-refractivity contribution in [3.8, 4) is 0 Å². The SMILES string of the molecule is O=C(Cc1n[nH]c(Cc2ccc(F)cc2)n1)Nc1ccccc1Cl. The van der Waals surface area contributed by atoms with Crippen molar-refractivity contribution in [1.29, 1.82) is 0 Å². The maximum absolute atomic E-state index is 12.9. The van der Waals surface area contributed by atoms with E-state index in [1.54, 1.807) is 36.4 Å². The Hall–Kier alpha value is -2.73. The third kappa shape index (κ3) is 4.17. The number of hydrogen-bond acceptors (Lipinski definition) is 3. The lowest BCUT2D eigenvalue weighted by Crippen LogP contribution is -2.15. The second-order valence-corrected chi connectivity index (χ2v) is 5.61. The number of halogens is 2. The van der Waals surface area contributed by atoms with Gasteiger partial charge in [0.25, 0.3) is 0 Å². The smallest absolute Gasteiger partial charge is 0.232 e. The Morgan fingerprint density at radius 1 is 1.17 bits per heavy atom. The number of benzene rings is 2. The Bertz CT molecular complexity index is 848. The third-order valence-corrected chi connectivity index (χ3v) is 3.66. The molecule has 2 aromatic carbocycles. The van der Waals surface area contributed by atoms with Crippen LogP contribution in [0.25, 0.3) is 0 Å². The average Bonchev–Trinajstić information content (AvgIpc) is 2.99. The highest BCUT2D eigenvalue weighted by Crippen LogP contribution is 2.20. The first-order valence-corrected chi connectivity index (χ1v) is 7.67. The summed E-state index contributed by atoms with van der Waals surface area (Å²) in [4.78, 5) is 16.3. The lowest BCUT2D eigenvalue weighted by molar-refractivity contribution is -0.115. The molecule has 3 rings (SSSR count). The molecular formula is C17H14ClFN4O. The second kappa shape index (κ2) is 7.23. The zero-order valence-electron chi connectivity index (χ0n) is 12.6. The van der Waals surface area contributed by atoms with Gasteiger partial charge in [0.05, 0.1) is 17.1 Å². The molecule has 0 spiro atoms. The van der Waals surface area contributed by atoms with Crippen molar-refractivity contribution in [3.05, 3.63) is 76.6 Å². The van der Waals surface area contributed by atoms with Crippen LogP contribution in [0.2, 0.25) is 5.02 Å². The normalized spacial score (nSPS) is 10.6. The molecular weight excluding hydrogens is 331 g/mol. The molecule has 5 nitrogen and oxygen atoms in total. The molecule has 0 atom stereocenters. The number of anilines is 1. The molecule has 2 N–H and O–H groups in total. The van der Waals surface area contributed by atoms with Crippen LogP contribution in [0.15, 0.2) is 48.5 Å². The number of nitrogens with one attached hydrogen (secondary N) is 2. The van der Waals surface area contributed by atoms with Crippen molar-refractivity contribution < 1.29 is 9.18 Å². The van der Waals surface area contributed by atoms with E-state index in [1.165, 1.54) is 12.1 Å². The van der Waals surface area contributed by atoms with Gasteiger partial charge in [0.2, 0.25) is 5.91 Å². The van der Waals surface area contributed by atoms with E-state index < -0.39 is 0 Å². The molecule has 0 radical (unpaired) electrons. The fraction of sp³-hybridized carbons (Fsp3) is 0.118. The standard InChI is InChI=1S/C17H14ClFN4O/c18-13-3-1-2-4-14(13)20-17(24)10-16-21-15(22-23-16)9-11-5-7-12(19)8-6-11/h1-8H,9-10H2,(H,20,24)(H,21,22,23). The second-order valence-electron chi connectivity index (χ2n) is 5.21. The Labute approximate surface area is 142 Å². The van der Waals surface area contributed by atoms with E-state index in [1.807, 2.05) is 0 Å². The number of aromatic amines is 1. The van der Waals surface area contributed by atoms with Crippen molar-refractivity contribution >= 4 is 23.2 Å². The maximum atomic E-state index is 12.9. The number of carbonyl (C=O) groups excluding carboxylic acids is 1. The molecule has 0 saturated heterocycles. The fourth-order valence-electron chi connectivity index (χ4n) is 2.19. The summed E-state index contributed by atoms with van der Waals surface area (Å²) in [5.74, 6) is 0.461. The summed E-state index contributed by atoms with van der Waals surface area (Å²) in [7, 11) is 0. The van der Waals surface area contributed by atoms with Gasteiger partial charge in [-0.05, 0) is 29.8 Å². The molecule has 1 heterocycles. The average molecular weight is 345 g/mol. The van der Waals surface area contributed by atoms with Crippen LogP contribution in [0.4, 0.5) is 10.1 Å². The molecule has 0 aliphatic carbocycles. The van der Waals surface area contributed by atoms with Crippen molar-refractivity contribution in [2.45, 2.75) is 12.8 Å². The van der Waals surface area contributed by atoms with E-state index in [4.69, 9.17) is 11.6 Å². The van der Waals surface area contributed by atoms with Gasteiger partial charge in [-0.25, -0.2) is 9.37 Å². The summed E-state index contributed by atoms with van der Waals surface area (Å²) in [6.45, 7) is 0. The van der Waals surface area contributed by atoms with Gasteiger partial charge < -0.3 is 5.32 Å². The lowest BCUT2D eigenvalue weighted by atomic mass is 10.1. The summed E-state index contributed by atoms with van der Waals surface area (Å²) in [5.41, 5.74) is 1.45. The van der Waals surface area contributed by atoms with E-state index in [2.05, 4.69) is 20.5 Å². The van der Waals surface area contributed by atoms with Crippen LogP contribution < -0.4 is 5.32 Å². The number of rotatable bonds is 5. The van der Waals surface area contributed by atoms with Gasteiger partial charge in [0.15, 0.2) is 5.82 Å². The van der Waals surface area contributed by atoms with Gasteiger partial charge in [-0.3, -0.25) is 9.89 Å². The molecule has 1 aromatic heterocycles. The monoisotopic (exact) mass is 344 g/mol. The number of aromatic nitrogens is 3.